The van der Waals surface area contributed by atoms with E-state index in [1.165, 1.54) is 3.96 Å². The minimum atomic E-state index is -1.87. The van der Waals surface area contributed by atoms with Crippen molar-refractivity contribution in [2.24, 2.45) is 0 Å². The zero-order valence-corrected chi connectivity index (χ0v) is 32.6. The van der Waals surface area contributed by atoms with Crippen molar-refractivity contribution in [1.29, 1.82) is 0 Å². The Balaban J connectivity index is 1.78. The van der Waals surface area contributed by atoms with Gasteiger partial charge in [0.15, 0.2) is 43.0 Å². The average Bonchev–Trinajstić information content (AvgIpc) is 3.41. The molecule has 4 rings (SSSR count). The third-order valence-corrected chi connectivity index (χ3v) is 9.14. The number of aromatic nitrogens is 1. The Morgan fingerprint density at radius 2 is 1.09 bits per heavy atom. The second-order valence-corrected chi connectivity index (χ2v) is 13.8. The second-order valence-electron chi connectivity index (χ2n) is 12.7. The van der Waals surface area contributed by atoms with Gasteiger partial charge in [0.05, 0.1) is 10.1 Å². The average molecular weight is 827 g/mol. The molecule has 1 N–H and O–H groups in total. The molecule has 312 valence electrons. The van der Waals surface area contributed by atoms with E-state index < -0.39 is 134 Å². The fourth-order valence-electron chi connectivity index (χ4n) is 6.08. The molecule has 2 fully saturated rings. The van der Waals surface area contributed by atoms with Crippen LogP contribution in [0.5, 0.6) is 0 Å². The van der Waals surface area contributed by atoms with E-state index in [1.54, 1.807) is 24.3 Å². The minimum Gasteiger partial charge on any atom is -0.463 e. The number of fused-ring (bicyclic) bond motifs is 1. The largest absolute Gasteiger partial charge is 0.463 e. The highest BCUT2D eigenvalue weighted by molar-refractivity contribution is 7.13. The van der Waals surface area contributed by atoms with Crippen LogP contribution in [0.3, 0.4) is 0 Å². The number of rotatable bonds is 14. The molecule has 0 saturated carbocycles. The zero-order chi connectivity index (χ0) is 42.1. The van der Waals surface area contributed by atoms with Gasteiger partial charge in [-0.05, 0) is 12.1 Å². The first-order chi connectivity index (χ1) is 26.8. The van der Waals surface area contributed by atoms with Crippen molar-refractivity contribution in [3.05, 3.63) is 34.6 Å². The molecule has 2 saturated heterocycles. The topological polar surface area (TPSA) is 263 Å². The van der Waals surface area contributed by atoms with Gasteiger partial charge in [-0.1, -0.05) is 23.7 Å². The molecule has 21 nitrogen and oxygen atoms in total. The Hall–Kier alpha value is -5.45. The minimum absolute atomic E-state index is 0.376. The highest BCUT2D eigenvalue weighted by Crippen LogP contribution is 2.35. The van der Waals surface area contributed by atoms with Crippen molar-refractivity contribution in [2.75, 3.05) is 13.2 Å². The number of carbonyl (C=O) groups excluding carboxylic acids is 8. The summed E-state index contributed by atoms with van der Waals surface area (Å²) in [6.07, 6.45) is -16.6. The third kappa shape index (κ3) is 12.0. The van der Waals surface area contributed by atoms with E-state index in [-0.39, 0.29) is 0 Å². The van der Waals surface area contributed by atoms with Crippen LogP contribution in [0.25, 0.3) is 10.1 Å². The molecule has 2 aliphatic heterocycles. The standard InChI is InChI=1S/C35H42N2O19S/c1-15(38)47-13-23-28(56-35-32(53-21(7)44)30(51-19(5)42)27(49-17(3)40)24(55-35)14-48-16(2)39)29(50-18(4)41)31(52-20(6)43)33(54-23)36-26(45)12-37-34(46)22-10-8-9-11-25(22)57-37/h8-11,23-24,27-33,35H,12-14H2,1-7H3,(H,36,45). The smallest absolute Gasteiger partial charge is 0.303 e. The monoisotopic (exact) mass is 826 g/mol. The second kappa shape index (κ2) is 19.6. The van der Waals surface area contributed by atoms with Gasteiger partial charge in [0, 0.05) is 48.5 Å². The highest BCUT2D eigenvalue weighted by Gasteiger charge is 2.57. The van der Waals surface area contributed by atoms with Crippen LogP contribution in [-0.4, -0.2) is 126 Å². The SMILES string of the molecule is CC(=O)OCC1OC(NC(=O)Cn2sc3ccccc3c2=O)C(OC(C)=O)C(OC(C)=O)C1OC1OC(COC(C)=O)C(OC(C)=O)C(OC(C)=O)C1OC(C)=O. The van der Waals surface area contributed by atoms with Gasteiger partial charge in [-0.3, -0.25) is 47.1 Å². The van der Waals surface area contributed by atoms with E-state index in [4.69, 9.17) is 47.4 Å². The molecular formula is C35H42N2O19S. The van der Waals surface area contributed by atoms with Crippen LogP contribution in [0, 0.1) is 0 Å². The molecule has 0 aliphatic carbocycles. The molecule has 2 aromatic rings. The molecule has 1 aromatic carbocycles. The lowest BCUT2D eigenvalue weighted by Crippen LogP contribution is -2.69. The van der Waals surface area contributed by atoms with Crippen LogP contribution >= 0.6 is 11.5 Å². The fraction of sp³-hybridized carbons (Fsp3) is 0.571. The molecule has 10 atom stereocenters. The quantitative estimate of drug-likeness (QED) is 0.191. The molecule has 0 radical (unpaired) electrons. The first-order valence-corrected chi connectivity index (χ1v) is 18.1. The first kappa shape index (κ1) is 44.3. The molecular weight excluding hydrogens is 784 g/mol. The molecule has 1 aromatic heterocycles. The van der Waals surface area contributed by atoms with Crippen molar-refractivity contribution in [3.63, 3.8) is 0 Å². The number of hydrogen-bond donors (Lipinski definition) is 1. The maximum Gasteiger partial charge on any atom is 0.303 e. The van der Waals surface area contributed by atoms with Crippen molar-refractivity contribution in [3.8, 4) is 0 Å². The van der Waals surface area contributed by atoms with E-state index in [1.807, 2.05) is 0 Å². The summed E-state index contributed by atoms with van der Waals surface area (Å²) in [5.74, 6) is -7.07. The number of carbonyl (C=O) groups is 8. The lowest BCUT2D eigenvalue weighted by molar-refractivity contribution is -0.345. The summed E-state index contributed by atoms with van der Waals surface area (Å²) >= 11 is 1.02. The van der Waals surface area contributed by atoms with Crippen molar-refractivity contribution in [2.45, 2.75) is 116 Å². The first-order valence-electron chi connectivity index (χ1n) is 17.3. The Kier molecular flexibility index (Phi) is 15.2. The van der Waals surface area contributed by atoms with Gasteiger partial charge >= 0.3 is 41.8 Å². The normalized spacial score (nSPS) is 26.9. The summed E-state index contributed by atoms with van der Waals surface area (Å²) in [5, 5.41) is 2.90. The number of esters is 7. The maximum absolute atomic E-state index is 13.5. The predicted octanol–water partition coefficient (Wildman–Crippen LogP) is -0.201. The van der Waals surface area contributed by atoms with Crippen molar-refractivity contribution < 1.29 is 85.7 Å². The van der Waals surface area contributed by atoms with E-state index in [0.717, 1.165) is 60.0 Å². The van der Waals surface area contributed by atoms with E-state index in [0.29, 0.717) is 10.1 Å². The van der Waals surface area contributed by atoms with Gasteiger partial charge in [-0.2, -0.15) is 0 Å². The summed E-state index contributed by atoms with van der Waals surface area (Å²) in [6.45, 7) is 5.44. The fourth-order valence-corrected chi connectivity index (χ4v) is 7.08. The lowest BCUT2D eigenvalue weighted by atomic mass is 9.95. The van der Waals surface area contributed by atoms with Crippen LogP contribution < -0.4 is 10.9 Å². The van der Waals surface area contributed by atoms with Crippen LogP contribution in [-0.2, 0) is 92.3 Å². The van der Waals surface area contributed by atoms with Gasteiger partial charge in [-0.15, -0.1) is 0 Å². The highest BCUT2D eigenvalue weighted by atomic mass is 32.1. The van der Waals surface area contributed by atoms with E-state index >= 15 is 0 Å². The Morgan fingerprint density at radius 3 is 1.61 bits per heavy atom. The summed E-state index contributed by atoms with van der Waals surface area (Å²) in [5.41, 5.74) is -0.448. The molecule has 57 heavy (non-hydrogen) atoms. The number of nitrogens with one attached hydrogen (secondary N) is 1. The summed E-state index contributed by atoms with van der Waals surface area (Å²) < 4.78 is 58.1. The van der Waals surface area contributed by atoms with E-state index in [2.05, 4.69) is 5.32 Å². The van der Waals surface area contributed by atoms with Crippen LogP contribution in [0.1, 0.15) is 48.5 Å². The molecule has 0 spiro atoms. The molecule has 10 unspecified atom stereocenters. The van der Waals surface area contributed by atoms with Gasteiger partial charge in [0.2, 0.25) is 5.91 Å². The maximum atomic E-state index is 13.5. The number of benzene rings is 1. The molecule has 1 amide bonds. The van der Waals surface area contributed by atoms with Gasteiger partial charge in [-0.25, -0.2) is 0 Å². The van der Waals surface area contributed by atoms with Gasteiger partial charge in [0.25, 0.3) is 5.56 Å². The lowest BCUT2D eigenvalue weighted by Gasteiger charge is -2.48. The number of hydrogen-bond acceptors (Lipinski definition) is 20. The Morgan fingerprint density at radius 1 is 0.614 bits per heavy atom. The van der Waals surface area contributed by atoms with Crippen LogP contribution in [0.2, 0.25) is 0 Å². The summed E-state index contributed by atoms with van der Waals surface area (Å²) in [7, 11) is 0. The van der Waals surface area contributed by atoms with Crippen molar-refractivity contribution in [1.82, 2.24) is 9.27 Å². The molecule has 0 bridgehead atoms. The van der Waals surface area contributed by atoms with E-state index in [9.17, 15) is 43.2 Å². The summed E-state index contributed by atoms with van der Waals surface area (Å²) in [6, 6.07) is 6.68. The number of nitrogens with zero attached hydrogens (tertiary/aromatic N) is 1. The molecule has 22 heteroatoms. The van der Waals surface area contributed by atoms with Gasteiger partial charge in [0.1, 0.15) is 38.1 Å². The van der Waals surface area contributed by atoms with Gasteiger partial charge < -0.3 is 52.7 Å². The summed E-state index contributed by atoms with van der Waals surface area (Å²) in [4.78, 5) is 113. The Labute approximate surface area is 328 Å². The molecule has 2 aliphatic rings. The number of amides is 1. The van der Waals surface area contributed by atoms with Crippen LogP contribution in [0.15, 0.2) is 29.1 Å². The predicted molar refractivity (Wildman–Crippen MR) is 187 cm³/mol. The number of ether oxygens (including phenoxy) is 10. The van der Waals surface area contributed by atoms with Crippen LogP contribution in [0.4, 0.5) is 0 Å². The zero-order valence-electron chi connectivity index (χ0n) is 31.8. The Bertz CT molecular complexity index is 1910. The van der Waals surface area contributed by atoms with Crippen molar-refractivity contribution >= 4 is 69.3 Å². The third-order valence-electron chi connectivity index (χ3n) is 8.07. The molecule has 3 heterocycles.